The van der Waals surface area contributed by atoms with Crippen molar-refractivity contribution in [1.82, 2.24) is 0 Å². The van der Waals surface area contributed by atoms with E-state index in [1.807, 2.05) is 0 Å². The first-order valence-electron chi connectivity index (χ1n) is 0. The Labute approximate surface area is 131 Å². The number of hydrogen-bond donors (Lipinski definition) is 0. The third-order valence-electron chi connectivity index (χ3n) is 0. The van der Waals surface area contributed by atoms with Crippen LogP contribution in [0.3, 0.4) is 0 Å². The zero-order chi connectivity index (χ0) is 0. The van der Waals surface area contributed by atoms with E-state index in [1.165, 1.54) is 0 Å². The molecule has 0 amide bonds. The minimum Gasteiger partial charge on any atom is -0.358 e. The first-order chi connectivity index (χ1) is 0. The molecule has 0 bridgehead atoms. The van der Waals surface area contributed by atoms with Gasteiger partial charge in [0.15, 0.2) is 0 Å². The Kier molecular flexibility index (Phi) is 474. The number of hydrogen-bond acceptors (Lipinski definition) is 0. The smallest absolute Gasteiger partial charge is 0 e. The van der Waals surface area contributed by atoms with Crippen LogP contribution in [0, 0.1) is 7.43 Å². The van der Waals surface area contributed by atoms with Crippen molar-refractivity contribution in [2.75, 3.05) is 0 Å². The molecule has 0 N–H and O–H groups in total. The van der Waals surface area contributed by atoms with Crippen molar-refractivity contribution >= 4 is 0 Å². The van der Waals surface area contributed by atoms with Crippen LogP contribution >= 0.6 is 0 Å². The van der Waals surface area contributed by atoms with Crippen LogP contribution in [0.15, 0.2) is 0 Å². The second kappa shape index (κ2) is 49.5. The van der Waals surface area contributed by atoms with Gasteiger partial charge in [0.05, 0.1) is 0 Å². The van der Waals surface area contributed by atoms with Gasteiger partial charge in [-0.2, -0.15) is 0 Å². The molecule has 0 heterocycles. The van der Waals surface area contributed by atoms with Crippen LogP contribution < -0.4 is 0 Å². The first kappa shape index (κ1) is 67.0. The summed E-state index contributed by atoms with van der Waals surface area (Å²) in [6.07, 6.45) is 0. The minimum absolute atomic E-state index is 0. The van der Waals surface area contributed by atoms with E-state index in [4.69, 9.17) is 0 Å². The van der Waals surface area contributed by atoms with Crippen LogP contribution in [0.1, 0.15) is 0 Å². The van der Waals surface area contributed by atoms with E-state index in [0.717, 1.165) is 0 Å². The van der Waals surface area contributed by atoms with Crippen LogP contribution in [0.5, 0.6) is 0 Å². The Hall–Kier alpha value is 4.13. The van der Waals surface area contributed by atoms with E-state index in [1.54, 1.807) is 0 Å². The van der Waals surface area contributed by atoms with Gasteiger partial charge in [0.2, 0.25) is 0 Å². The fourth-order valence-corrected chi connectivity index (χ4v) is 0. The van der Waals surface area contributed by atoms with Crippen LogP contribution in [0.25, 0.3) is 0 Å². The molecule has 0 aliphatic carbocycles. The van der Waals surface area contributed by atoms with Crippen molar-refractivity contribution < 1.29 is 126 Å². The molecule has 0 rings (SSSR count). The molecule has 0 radical (unpaired) electrons. The molecule has 0 spiro atoms. The van der Waals surface area contributed by atoms with Gasteiger partial charge in [-0.1, -0.05) is 0 Å². The molecule has 0 saturated carbocycles. The summed E-state index contributed by atoms with van der Waals surface area (Å²) in [4.78, 5) is 0. The zero-order valence-corrected chi connectivity index (χ0v) is 21.0. The molecular weight excluding hydrogens is 1120 g/mol. The van der Waals surface area contributed by atoms with Gasteiger partial charge in [0.1, 0.15) is 0 Å². The van der Waals surface area contributed by atoms with Gasteiger partial charge in [-0.3, -0.25) is 0 Å². The summed E-state index contributed by atoms with van der Waals surface area (Å²) in [7, 11) is 0. The average molecular weight is 1120 g/mol. The van der Waals surface area contributed by atoms with Crippen molar-refractivity contribution in [1.29, 1.82) is 0 Å². The number of rotatable bonds is 0. The maximum atomic E-state index is 0. The first-order valence-corrected chi connectivity index (χ1v) is 0. The Morgan fingerprint density at radius 1 is 0.286 bits per heavy atom. The maximum absolute atomic E-state index is 0. The molecule has 0 unspecified atom stereocenters. The maximum Gasteiger partial charge on any atom is 0 e. The van der Waals surface area contributed by atoms with Crippen molar-refractivity contribution in [3.8, 4) is 0 Å². The van der Waals surface area contributed by atoms with E-state index >= 15 is 0 Å². The van der Waals surface area contributed by atoms with Crippen LogP contribution in [-0.2, 0) is 126 Å². The van der Waals surface area contributed by atoms with E-state index in [-0.39, 0.29) is 134 Å². The zero-order valence-electron chi connectivity index (χ0n) is 3.45. The predicted octanol–water partition coefficient (Wildman–Crippen LogP) is 0.435. The standard InChI is InChI=1S/CH3.6W/h1H3;;;;;;/q-1;;;;;;. The quantitative estimate of drug-likeness (QED) is 0.310. The Bertz CT molecular complexity index is 4.14. The summed E-state index contributed by atoms with van der Waals surface area (Å²) in [6, 6.07) is 0. The van der Waals surface area contributed by atoms with Crippen molar-refractivity contribution in [2.24, 2.45) is 0 Å². The van der Waals surface area contributed by atoms with Gasteiger partial charge >= 0.3 is 0 Å². The Morgan fingerprint density at radius 2 is 0.286 bits per heavy atom. The molecule has 0 aliphatic rings. The van der Waals surface area contributed by atoms with Gasteiger partial charge in [0, 0.05) is 126 Å². The third-order valence-corrected chi connectivity index (χ3v) is 0. The summed E-state index contributed by atoms with van der Waals surface area (Å²) in [5, 5.41) is 0. The van der Waals surface area contributed by atoms with E-state index < -0.39 is 0 Å². The van der Waals surface area contributed by atoms with E-state index in [2.05, 4.69) is 0 Å². The molecule has 0 aliphatic heterocycles. The summed E-state index contributed by atoms with van der Waals surface area (Å²) in [6.45, 7) is 0. The van der Waals surface area contributed by atoms with Crippen LogP contribution in [0.2, 0.25) is 0 Å². The molecule has 0 atom stereocenters. The Morgan fingerprint density at radius 3 is 0.286 bits per heavy atom. The third kappa shape index (κ3) is 39.3. The molecule has 0 saturated heterocycles. The molecule has 6 heteroatoms. The topological polar surface area (TPSA) is 0 Å². The molecule has 0 aromatic carbocycles. The molecule has 7 heavy (non-hydrogen) atoms. The van der Waals surface area contributed by atoms with Gasteiger partial charge in [0.25, 0.3) is 0 Å². The molecule has 0 aromatic heterocycles. The second-order valence-electron chi connectivity index (χ2n) is 0. The average Bonchev–Trinajstić information content (AvgIpc) is 0. The fourth-order valence-electron chi connectivity index (χ4n) is 0. The largest absolute Gasteiger partial charge is 0.358 e. The van der Waals surface area contributed by atoms with E-state index in [9.17, 15) is 0 Å². The predicted molar refractivity (Wildman–Crippen MR) is 6.41 cm³/mol. The van der Waals surface area contributed by atoms with Crippen LogP contribution in [0.4, 0.5) is 0 Å². The molecule has 44 valence electrons. The molecule has 0 aromatic rings. The molecule has 0 nitrogen and oxygen atoms in total. The summed E-state index contributed by atoms with van der Waals surface area (Å²) in [5.74, 6) is 0. The van der Waals surface area contributed by atoms with Crippen molar-refractivity contribution in [2.45, 2.75) is 0 Å². The fraction of sp³-hybridized carbons (Fsp3) is 0. The second-order valence-corrected chi connectivity index (χ2v) is 0. The minimum atomic E-state index is 0. The Balaban J connectivity index is 0. The van der Waals surface area contributed by atoms with Crippen molar-refractivity contribution in [3.05, 3.63) is 7.43 Å². The van der Waals surface area contributed by atoms with Crippen LogP contribution in [-0.4, -0.2) is 0 Å². The molecule has 0 fully saturated rings. The van der Waals surface area contributed by atoms with Gasteiger partial charge in [-0.05, 0) is 0 Å². The van der Waals surface area contributed by atoms with Gasteiger partial charge in [-0.15, -0.1) is 0 Å². The SMILES string of the molecule is [CH3-].[W].[W].[W].[W].[W].[W]. The summed E-state index contributed by atoms with van der Waals surface area (Å²) < 4.78 is 0. The summed E-state index contributed by atoms with van der Waals surface area (Å²) in [5.41, 5.74) is 0. The van der Waals surface area contributed by atoms with E-state index in [0.29, 0.717) is 0 Å². The normalized spacial score (nSPS) is 0. The summed E-state index contributed by atoms with van der Waals surface area (Å²) >= 11 is 0. The monoisotopic (exact) mass is 1120 g/mol. The molecular formula is CH3W6-. The van der Waals surface area contributed by atoms with Gasteiger partial charge < -0.3 is 7.43 Å². The van der Waals surface area contributed by atoms with Crippen molar-refractivity contribution in [3.63, 3.8) is 0 Å². The van der Waals surface area contributed by atoms with Gasteiger partial charge in [-0.25, -0.2) is 0 Å².